The van der Waals surface area contributed by atoms with E-state index in [-0.39, 0.29) is 17.9 Å². The summed E-state index contributed by atoms with van der Waals surface area (Å²) >= 11 is 0. The Hall–Kier alpha value is -2.15. The number of phenols is 1. The average Bonchev–Trinajstić information content (AvgIpc) is 2.10. The first-order valence-electron chi connectivity index (χ1n) is 3.89. The van der Waals surface area contributed by atoms with Crippen LogP contribution in [0.5, 0.6) is 5.75 Å². The lowest BCUT2D eigenvalue weighted by Crippen LogP contribution is -1.90. The molecular weight excluding hydrogens is 182 g/mol. The number of phenolic OH excluding ortho intramolecular Hbond substituents is 1. The molecule has 0 aliphatic rings. The van der Waals surface area contributed by atoms with E-state index in [2.05, 4.69) is 11.8 Å². The van der Waals surface area contributed by atoms with Crippen LogP contribution in [0.2, 0.25) is 0 Å². The molecule has 0 aliphatic carbocycles. The van der Waals surface area contributed by atoms with Crippen molar-refractivity contribution in [3.05, 3.63) is 23.8 Å². The van der Waals surface area contributed by atoms with Gasteiger partial charge >= 0.3 is 5.97 Å². The largest absolute Gasteiger partial charge is 0.506 e. The number of carbonyl (C=O) groups is 1. The summed E-state index contributed by atoms with van der Waals surface area (Å²) < 4.78 is 0. The van der Waals surface area contributed by atoms with Crippen molar-refractivity contribution in [2.24, 2.45) is 0 Å². The summed E-state index contributed by atoms with van der Waals surface area (Å²) in [7, 11) is 0. The molecule has 14 heavy (non-hydrogen) atoms. The van der Waals surface area contributed by atoms with E-state index < -0.39 is 5.97 Å². The third kappa shape index (κ3) is 2.72. The molecule has 4 nitrogen and oxygen atoms in total. The monoisotopic (exact) mass is 191 g/mol. The van der Waals surface area contributed by atoms with Crippen molar-refractivity contribution >= 4 is 11.7 Å². The van der Waals surface area contributed by atoms with Crippen molar-refractivity contribution in [1.29, 1.82) is 0 Å². The van der Waals surface area contributed by atoms with Crippen LogP contribution in [0, 0.1) is 11.8 Å². The maximum Gasteiger partial charge on any atom is 0.315 e. The van der Waals surface area contributed by atoms with Gasteiger partial charge in [-0.3, -0.25) is 4.79 Å². The zero-order valence-corrected chi connectivity index (χ0v) is 7.32. The fraction of sp³-hybridized carbons (Fsp3) is 0.100. The average molecular weight is 191 g/mol. The van der Waals surface area contributed by atoms with Crippen LogP contribution in [-0.4, -0.2) is 16.2 Å². The Kier molecular flexibility index (Phi) is 2.97. The summed E-state index contributed by atoms with van der Waals surface area (Å²) in [6.45, 7) is 0. The molecule has 1 aromatic carbocycles. The molecule has 4 heteroatoms. The fourth-order valence-electron chi connectivity index (χ4n) is 0.854. The lowest BCUT2D eigenvalue weighted by molar-refractivity contribution is -0.135. The Morgan fingerprint density at radius 3 is 2.79 bits per heavy atom. The Labute approximate surface area is 81.0 Å². The van der Waals surface area contributed by atoms with Gasteiger partial charge < -0.3 is 15.9 Å². The van der Waals surface area contributed by atoms with Crippen molar-refractivity contribution in [1.82, 2.24) is 0 Å². The summed E-state index contributed by atoms with van der Waals surface area (Å²) in [6.07, 6.45) is -0.208. The van der Waals surface area contributed by atoms with Gasteiger partial charge in [0.05, 0.1) is 5.69 Å². The minimum atomic E-state index is -0.968. The Morgan fingerprint density at radius 1 is 1.50 bits per heavy atom. The number of rotatable bonds is 1. The van der Waals surface area contributed by atoms with Crippen LogP contribution in [0.1, 0.15) is 12.0 Å². The molecule has 0 saturated carbocycles. The molecule has 0 amide bonds. The SMILES string of the molecule is Nc1cc(C#CCC(=O)O)ccc1O. The number of aliphatic carboxylic acids is 1. The van der Waals surface area contributed by atoms with Crippen LogP contribution in [0.3, 0.4) is 0 Å². The summed E-state index contributed by atoms with van der Waals surface area (Å²) in [5, 5.41) is 17.4. The van der Waals surface area contributed by atoms with Gasteiger partial charge in [-0.2, -0.15) is 0 Å². The van der Waals surface area contributed by atoms with E-state index in [9.17, 15) is 4.79 Å². The van der Waals surface area contributed by atoms with E-state index in [1.807, 2.05) is 0 Å². The van der Waals surface area contributed by atoms with E-state index in [0.29, 0.717) is 5.56 Å². The number of nitrogens with two attached hydrogens (primary N) is 1. The highest BCUT2D eigenvalue weighted by Gasteiger charge is 1.95. The molecule has 72 valence electrons. The fourth-order valence-corrected chi connectivity index (χ4v) is 0.854. The van der Waals surface area contributed by atoms with E-state index in [1.54, 1.807) is 6.07 Å². The Bertz CT molecular complexity index is 415. The molecule has 4 N–H and O–H groups in total. The topological polar surface area (TPSA) is 83.6 Å². The molecule has 0 fully saturated rings. The second-order valence-corrected chi connectivity index (χ2v) is 2.65. The number of aromatic hydroxyl groups is 1. The third-order valence-electron chi connectivity index (χ3n) is 1.50. The van der Waals surface area contributed by atoms with E-state index in [0.717, 1.165) is 0 Å². The van der Waals surface area contributed by atoms with Gasteiger partial charge in [0.1, 0.15) is 12.2 Å². The van der Waals surface area contributed by atoms with Crippen molar-refractivity contribution < 1.29 is 15.0 Å². The van der Waals surface area contributed by atoms with Gasteiger partial charge in [0.25, 0.3) is 0 Å². The number of carboxylic acid groups (broad SMARTS) is 1. The highest BCUT2D eigenvalue weighted by atomic mass is 16.4. The van der Waals surface area contributed by atoms with Gasteiger partial charge in [-0.1, -0.05) is 11.8 Å². The van der Waals surface area contributed by atoms with Crippen LogP contribution in [0.4, 0.5) is 5.69 Å². The van der Waals surface area contributed by atoms with Gasteiger partial charge in [-0.15, -0.1) is 0 Å². The Morgan fingerprint density at radius 2 is 2.21 bits per heavy atom. The predicted molar refractivity (Wildman–Crippen MR) is 51.7 cm³/mol. The first-order valence-corrected chi connectivity index (χ1v) is 3.89. The van der Waals surface area contributed by atoms with Crippen LogP contribution < -0.4 is 5.73 Å². The predicted octanol–water partition coefficient (Wildman–Crippen LogP) is 0.801. The van der Waals surface area contributed by atoms with E-state index in [4.69, 9.17) is 15.9 Å². The van der Waals surface area contributed by atoms with Crippen molar-refractivity contribution in [2.45, 2.75) is 6.42 Å². The van der Waals surface area contributed by atoms with Gasteiger partial charge in [-0.05, 0) is 18.2 Å². The minimum absolute atomic E-state index is 0.00576. The highest BCUT2D eigenvalue weighted by molar-refractivity contribution is 5.70. The van der Waals surface area contributed by atoms with E-state index in [1.165, 1.54) is 12.1 Å². The summed E-state index contributed by atoms with van der Waals surface area (Å²) in [6, 6.07) is 4.48. The first kappa shape index (κ1) is 9.93. The van der Waals surface area contributed by atoms with Crippen LogP contribution in [0.25, 0.3) is 0 Å². The molecule has 0 atom stereocenters. The zero-order valence-electron chi connectivity index (χ0n) is 7.32. The molecule has 0 spiro atoms. The molecule has 0 heterocycles. The number of benzene rings is 1. The Balaban J connectivity index is 2.81. The number of hydrogen-bond donors (Lipinski definition) is 3. The van der Waals surface area contributed by atoms with Crippen molar-refractivity contribution in [3.63, 3.8) is 0 Å². The number of carboxylic acids is 1. The quantitative estimate of drug-likeness (QED) is 0.348. The van der Waals surface area contributed by atoms with Crippen LogP contribution in [0.15, 0.2) is 18.2 Å². The summed E-state index contributed by atoms with van der Waals surface area (Å²) in [4.78, 5) is 10.1. The third-order valence-corrected chi connectivity index (χ3v) is 1.50. The van der Waals surface area contributed by atoms with Gasteiger partial charge in [0, 0.05) is 5.56 Å². The number of anilines is 1. The van der Waals surface area contributed by atoms with Crippen LogP contribution in [-0.2, 0) is 4.79 Å². The first-order chi connectivity index (χ1) is 6.59. The molecule has 0 unspecified atom stereocenters. The molecular formula is C10H9NO3. The molecule has 0 radical (unpaired) electrons. The smallest absolute Gasteiger partial charge is 0.315 e. The molecule has 0 bridgehead atoms. The normalized spacial score (nSPS) is 8.86. The van der Waals surface area contributed by atoms with Crippen molar-refractivity contribution in [3.8, 4) is 17.6 Å². The molecule has 1 aromatic rings. The van der Waals surface area contributed by atoms with Gasteiger partial charge in [-0.25, -0.2) is 0 Å². The molecule has 1 rings (SSSR count). The second-order valence-electron chi connectivity index (χ2n) is 2.65. The lowest BCUT2D eigenvalue weighted by Gasteiger charge is -1.97. The maximum atomic E-state index is 10.1. The standard InChI is InChI=1S/C10H9NO3/c11-8-6-7(4-5-9(8)12)2-1-3-10(13)14/h4-6,12H,3,11H2,(H,13,14). The van der Waals surface area contributed by atoms with Crippen molar-refractivity contribution in [2.75, 3.05) is 5.73 Å². The van der Waals surface area contributed by atoms with E-state index >= 15 is 0 Å². The zero-order chi connectivity index (χ0) is 10.6. The molecule has 0 saturated heterocycles. The summed E-state index contributed by atoms with van der Waals surface area (Å²) in [5.41, 5.74) is 6.23. The maximum absolute atomic E-state index is 10.1. The van der Waals surface area contributed by atoms with Gasteiger partial charge in [0.15, 0.2) is 0 Å². The minimum Gasteiger partial charge on any atom is -0.506 e. The highest BCUT2D eigenvalue weighted by Crippen LogP contribution is 2.19. The van der Waals surface area contributed by atoms with Crippen LogP contribution >= 0.6 is 0 Å². The number of nitrogen functional groups attached to an aromatic ring is 1. The summed E-state index contributed by atoms with van der Waals surface area (Å²) in [5.74, 6) is 4.11. The second kappa shape index (κ2) is 4.19. The van der Waals surface area contributed by atoms with Gasteiger partial charge in [0.2, 0.25) is 0 Å². The lowest BCUT2D eigenvalue weighted by atomic mass is 10.2. The molecule has 0 aliphatic heterocycles. The molecule has 0 aromatic heterocycles. The number of hydrogen-bond acceptors (Lipinski definition) is 3.